The lowest BCUT2D eigenvalue weighted by atomic mass is 10.00. The molecule has 3 aromatic rings. The maximum absolute atomic E-state index is 13.3. The molecule has 0 atom stereocenters. The van der Waals surface area contributed by atoms with Crippen LogP contribution < -0.4 is 4.74 Å². The number of ether oxygens (including phenoxy) is 1. The highest BCUT2D eigenvalue weighted by Gasteiger charge is 2.14. The summed E-state index contributed by atoms with van der Waals surface area (Å²) in [5, 5.41) is 0. The van der Waals surface area contributed by atoms with Crippen molar-refractivity contribution in [1.82, 2.24) is 14.9 Å². The highest BCUT2D eigenvalue weighted by molar-refractivity contribution is 5.74. The lowest BCUT2D eigenvalue weighted by Gasteiger charge is -2.15. The van der Waals surface area contributed by atoms with E-state index in [1.807, 2.05) is 45.3 Å². The summed E-state index contributed by atoms with van der Waals surface area (Å²) in [5.74, 6) is 0.340. The van der Waals surface area contributed by atoms with Gasteiger partial charge in [0.15, 0.2) is 0 Å². The Labute approximate surface area is 159 Å². The standard InChI is InChI=1S/C22H24FN3O/c1-16-19(17-8-10-18(23)11-9-17)15-21(20-7-4-5-12-24-20)25-22(16)27-14-6-13-26(2)3/h4-5,7-12,15H,6,13-14H2,1-3H3. The Morgan fingerprint density at radius 2 is 1.81 bits per heavy atom. The van der Waals surface area contributed by atoms with Gasteiger partial charge in [-0.3, -0.25) is 4.98 Å². The highest BCUT2D eigenvalue weighted by atomic mass is 19.1. The average molecular weight is 365 g/mol. The Balaban J connectivity index is 1.98. The monoisotopic (exact) mass is 365 g/mol. The molecule has 2 aromatic heterocycles. The first-order valence-corrected chi connectivity index (χ1v) is 9.01. The van der Waals surface area contributed by atoms with Gasteiger partial charge >= 0.3 is 0 Å². The summed E-state index contributed by atoms with van der Waals surface area (Å²) in [7, 11) is 4.08. The minimum Gasteiger partial charge on any atom is -0.477 e. The van der Waals surface area contributed by atoms with Crippen molar-refractivity contribution in [3.8, 4) is 28.4 Å². The molecule has 1 aromatic carbocycles. The maximum atomic E-state index is 13.3. The van der Waals surface area contributed by atoms with Gasteiger partial charge in [0.05, 0.1) is 18.0 Å². The Bertz CT molecular complexity index is 880. The highest BCUT2D eigenvalue weighted by Crippen LogP contribution is 2.32. The number of hydrogen-bond acceptors (Lipinski definition) is 4. The zero-order chi connectivity index (χ0) is 19.2. The molecule has 0 amide bonds. The van der Waals surface area contributed by atoms with Crippen LogP contribution in [0.25, 0.3) is 22.5 Å². The van der Waals surface area contributed by atoms with Crippen LogP contribution in [0, 0.1) is 12.7 Å². The fraction of sp³-hybridized carbons (Fsp3) is 0.273. The van der Waals surface area contributed by atoms with Crippen molar-refractivity contribution in [3.63, 3.8) is 0 Å². The minimum atomic E-state index is -0.254. The van der Waals surface area contributed by atoms with E-state index in [1.165, 1.54) is 12.1 Å². The molecule has 27 heavy (non-hydrogen) atoms. The molecule has 0 radical (unpaired) electrons. The molecule has 140 valence electrons. The van der Waals surface area contributed by atoms with Gasteiger partial charge in [0.25, 0.3) is 0 Å². The van der Waals surface area contributed by atoms with E-state index < -0.39 is 0 Å². The summed E-state index contributed by atoms with van der Waals surface area (Å²) < 4.78 is 19.3. The van der Waals surface area contributed by atoms with Crippen molar-refractivity contribution < 1.29 is 9.13 Å². The Morgan fingerprint density at radius 3 is 2.48 bits per heavy atom. The molecular weight excluding hydrogens is 341 g/mol. The van der Waals surface area contributed by atoms with Crippen molar-refractivity contribution in [1.29, 1.82) is 0 Å². The van der Waals surface area contributed by atoms with Crippen LogP contribution in [0.5, 0.6) is 5.88 Å². The Kier molecular flexibility index (Phi) is 6.14. The van der Waals surface area contributed by atoms with Gasteiger partial charge in [-0.25, -0.2) is 9.37 Å². The number of rotatable bonds is 7. The van der Waals surface area contributed by atoms with Crippen LogP contribution in [0.2, 0.25) is 0 Å². The lowest BCUT2D eigenvalue weighted by Crippen LogP contribution is -2.16. The predicted octanol–water partition coefficient (Wildman–Crippen LogP) is 4.59. The quantitative estimate of drug-likeness (QED) is 0.574. The van der Waals surface area contributed by atoms with E-state index in [0.29, 0.717) is 12.5 Å². The molecule has 5 heteroatoms. The summed E-state index contributed by atoms with van der Waals surface area (Å²) in [6.07, 6.45) is 2.65. The molecule has 0 aliphatic rings. The molecule has 0 bridgehead atoms. The van der Waals surface area contributed by atoms with Gasteiger partial charge < -0.3 is 9.64 Å². The van der Waals surface area contributed by atoms with E-state index in [2.05, 4.69) is 9.88 Å². The molecule has 0 saturated carbocycles. The van der Waals surface area contributed by atoms with Crippen LogP contribution in [0.1, 0.15) is 12.0 Å². The van der Waals surface area contributed by atoms with Crippen molar-refractivity contribution in [2.75, 3.05) is 27.2 Å². The van der Waals surface area contributed by atoms with Gasteiger partial charge in [-0.05, 0) is 68.9 Å². The van der Waals surface area contributed by atoms with Crippen LogP contribution in [0.4, 0.5) is 4.39 Å². The van der Waals surface area contributed by atoms with Gasteiger partial charge in [0.1, 0.15) is 5.82 Å². The topological polar surface area (TPSA) is 38.3 Å². The van der Waals surface area contributed by atoms with E-state index >= 15 is 0 Å². The van der Waals surface area contributed by atoms with Gasteiger partial charge in [-0.15, -0.1) is 0 Å². The summed E-state index contributed by atoms with van der Waals surface area (Å²) in [6, 6.07) is 14.2. The minimum absolute atomic E-state index is 0.254. The molecule has 0 spiro atoms. The average Bonchev–Trinajstić information content (AvgIpc) is 2.67. The van der Waals surface area contributed by atoms with E-state index in [4.69, 9.17) is 9.72 Å². The number of halogens is 1. The number of pyridine rings is 2. The molecule has 0 unspecified atom stereocenters. The summed E-state index contributed by atoms with van der Waals surface area (Å²) in [5.41, 5.74) is 4.34. The van der Waals surface area contributed by atoms with E-state index in [9.17, 15) is 4.39 Å². The number of nitrogens with zero attached hydrogens (tertiary/aromatic N) is 3. The summed E-state index contributed by atoms with van der Waals surface area (Å²) in [4.78, 5) is 11.2. The zero-order valence-corrected chi connectivity index (χ0v) is 15.9. The molecule has 0 aliphatic carbocycles. The second-order valence-corrected chi connectivity index (χ2v) is 6.71. The van der Waals surface area contributed by atoms with E-state index in [1.54, 1.807) is 18.3 Å². The molecular formula is C22H24FN3O. The second kappa shape index (κ2) is 8.73. The van der Waals surface area contributed by atoms with Gasteiger partial charge in [-0.1, -0.05) is 18.2 Å². The first kappa shape index (κ1) is 19.0. The Morgan fingerprint density at radius 1 is 1.04 bits per heavy atom. The first-order chi connectivity index (χ1) is 13.0. The van der Waals surface area contributed by atoms with Crippen LogP contribution >= 0.6 is 0 Å². The number of hydrogen-bond donors (Lipinski definition) is 0. The smallest absolute Gasteiger partial charge is 0.217 e. The van der Waals surface area contributed by atoms with Crippen LogP contribution in [0.15, 0.2) is 54.7 Å². The van der Waals surface area contributed by atoms with Crippen molar-refractivity contribution >= 4 is 0 Å². The Hall–Kier alpha value is -2.79. The maximum Gasteiger partial charge on any atom is 0.217 e. The van der Waals surface area contributed by atoms with E-state index in [-0.39, 0.29) is 5.82 Å². The second-order valence-electron chi connectivity index (χ2n) is 6.71. The van der Waals surface area contributed by atoms with Gasteiger partial charge in [0.2, 0.25) is 5.88 Å². The molecule has 3 rings (SSSR count). The molecule has 0 aliphatic heterocycles. The van der Waals surface area contributed by atoms with Crippen LogP contribution in [-0.4, -0.2) is 42.1 Å². The SMILES string of the molecule is Cc1c(-c2ccc(F)cc2)cc(-c2ccccn2)nc1OCCCN(C)C. The summed E-state index contributed by atoms with van der Waals surface area (Å²) >= 11 is 0. The van der Waals surface area contributed by atoms with Gasteiger partial charge in [-0.2, -0.15) is 0 Å². The van der Waals surface area contributed by atoms with Crippen molar-refractivity contribution in [3.05, 3.63) is 66.1 Å². The third kappa shape index (κ3) is 4.89. The third-order valence-corrected chi connectivity index (χ3v) is 4.30. The third-order valence-electron chi connectivity index (χ3n) is 4.30. The fourth-order valence-corrected chi connectivity index (χ4v) is 2.85. The number of benzene rings is 1. The lowest BCUT2D eigenvalue weighted by molar-refractivity contribution is 0.272. The molecule has 2 heterocycles. The van der Waals surface area contributed by atoms with Crippen molar-refractivity contribution in [2.24, 2.45) is 0 Å². The normalized spacial score (nSPS) is 11.0. The molecule has 4 nitrogen and oxygen atoms in total. The largest absolute Gasteiger partial charge is 0.477 e. The van der Waals surface area contributed by atoms with Crippen LogP contribution in [-0.2, 0) is 0 Å². The summed E-state index contributed by atoms with van der Waals surface area (Å²) in [6.45, 7) is 3.51. The molecule has 0 saturated heterocycles. The molecule has 0 fully saturated rings. The predicted molar refractivity (Wildman–Crippen MR) is 106 cm³/mol. The first-order valence-electron chi connectivity index (χ1n) is 9.01. The van der Waals surface area contributed by atoms with Gasteiger partial charge in [0, 0.05) is 18.3 Å². The molecule has 0 N–H and O–H groups in total. The fourth-order valence-electron chi connectivity index (χ4n) is 2.85. The van der Waals surface area contributed by atoms with E-state index in [0.717, 1.165) is 41.0 Å². The van der Waals surface area contributed by atoms with Crippen LogP contribution in [0.3, 0.4) is 0 Å². The van der Waals surface area contributed by atoms with Crippen molar-refractivity contribution in [2.45, 2.75) is 13.3 Å². The number of aromatic nitrogens is 2. The zero-order valence-electron chi connectivity index (χ0n) is 15.9.